The van der Waals surface area contributed by atoms with Crippen LogP contribution in [0.2, 0.25) is 0 Å². The highest BCUT2D eigenvalue weighted by Crippen LogP contribution is 2.21. The summed E-state index contributed by atoms with van der Waals surface area (Å²) in [5.74, 6) is 1.94. The lowest BCUT2D eigenvalue weighted by Gasteiger charge is -2.34. The Kier molecular flexibility index (Phi) is 5.66. The number of aromatic amines is 1. The van der Waals surface area contributed by atoms with Gasteiger partial charge < -0.3 is 15.2 Å². The highest BCUT2D eigenvalue weighted by Gasteiger charge is 2.21. The van der Waals surface area contributed by atoms with Gasteiger partial charge >= 0.3 is 0 Å². The van der Waals surface area contributed by atoms with Crippen molar-refractivity contribution in [3.63, 3.8) is 0 Å². The zero-order valence-corrected chi connectivity index (χ0v) is 15.1. The Morgan fingerprint density at radius 3 is 3.17 bits per heavy atom. The van der Waals surface area contributed by atoms with Gasteiger partial charge in [0, 0.05) is 54.8 Å². The fourth-order valence-electron chi connectivity index (χ4n) is 3.17. The van der Waals surface area contributed by atoms with Crippen molar-refractivity contribution < 1.29 is 4.39 Å². The van der Waals surface area contributed by atoms with Crippen LogP contribution in [0.3, 0.4) is 0 Å². The minimum Gasteiger partial charge on any atom is -0.361 e. The van der Waals surface area contributed by atoms with Crippen LogP contribution in [0.4, 0.5) is 4.39 Å². The van der Waals surface area contributed by atoms with E-state index in [1.165, 1.54) is 18.1 Å². The predicted molar refractivity (Wildman–Crippen MR) is 101 cm³/mol. The molecule has 0 amide bonds. The summed E-state index contributed by atoms with van der Waals surface area (Å²) in [5, 5.41) is 5.26. The molecule has 1 aromatic heterocycles. The number of hydrogen-bond donors (Lipinski definition) is 2. The topological polar surface area (TPSA) is 43.4 Å². The largest absolute Gasteiger partial charge is 0.361 e. The van der Waals surface area contributed by atoms with Crippen LogP contribution in [0.5, 0.6) is 0 Å². The van der Waals surface area contributed by atoms with Crippen LogP contribution in [0.1, 0.15) is 18.9 Å². The van der Waals surface area contributed by atoms with Crippen LogP contribution in [0.25, 0.3) is 10.9 Å². The number of halogens is 1. The number of H-pyrrole nitrogens is 1. The zero-order valence-electron chi connectivity index (χ0n) is 14.3. The molecule has 24 heavy (non-hydrogen) atoms. The van der Waals surface area contributed by atoms with Crippen molar-refractivity contribution in [1.29, 1.82) is 0 Å². The molecule has 1 saturated heterocycles. The highest BCUT2D eigenvalue weighted by molar-refractivity contribution is 8.00. The Balaban J connectivity index is 1.58. The lowest BCUT2D eigenvalue weighted by atomic mass is 10.1. The minimum absolute atomic E-state index is 0.206. The Bertz CT molecular complexity index is 712. The Morgan fingerprint density at radius 2 is 2.38 bits per heavy atom. The number of aromatic nitrogens is 1. The maximum Gasteiger partial charge on any atom is 0.193 e. The third-order valence-corrected chi connectivity index (χ3v) is 5.88. The number of rotatable bonds is 4. The molecule has 130 valence electrons. The SMILES string of the molecule is CCC1CN(C(=NC)NCCc2c[nH]c3cc(F)ccc23)CCS1. The molecule has 1 fully saturated rings. The summed E-state index contributed by atoms with van der Waals surface area (Å²) >= 11 is 2.06. The van der Waals surface area contributed by atoms with E-state index in [1.807, 2.05) is 19.3 Å². The maximum atomic E-state index is 13.3. The molecule has 2 N–H and O–H groups in total. The lowest BCUT2D eigenvalue weighted by Crippen LogP contribution is -2.48. The molecule has 0 bridgehead atoms. The molecule has 1 aromatic carbocycles. The highest BCUT2D eigenvalue weighted by atomic mass is 32.2. The first-order valence-electron chi connectivity index (χ1n) is 8.54. The fourth-order valence-corrected chi connectivity index (χ4v) is 4.35. The summed E-state index contributed by atoms with van der Waals surface area (Å²) in [6.45, 7) is 5.18. The monoisotopic (exact) mass is 348 g/mol. The van der Waals surface area contributed by atoms with Gasteiger partial charge in [0.25, 0.3) is 0 Å². The third kappa shape index (κ3) is 3.86. The maximum absolute atomic E-state index is 13.3. The van der Waals surface area contributed by atoms with Crippen LogP contribution in [0.15, 0.2) is 29.4 Å². The first-order chi connectivity index (χ1) is 11.7. The van der Waals surface area contributed by atoms with Crippen molar-refractivity contribution in [2.24, 2.45) is 4.99 Å². The number of aliphatic imine (C=N–C) groups is 1. The van der Waals surface area contributed by atoms with Crippen molar-refractivity contribution in [1.82, 2.24) is 15.2 Å². The molecule has 0 saturated carbocycles. The molecule has 2 heterocycles. The van der Waals surface area contributed by atoms with E-state index in [2.05, 4.69) is 38.9 Å². The summed E-state index contributed by atoms with van der Waals surface area (Å²) in [6.07, 6.45) is 4.05. The van der Waals surface area contributed by atoms with Gasteiger partial charge in [0.05, 0.1) is 0 Å². The molecule has 4 nitrogen and oxygen atoms in total. The molecule has 1 aliphatic heterocycles. The van der Waals surface area contributed by atoms with Crippen LogP contribution in [-0.2, 0) is 6.42 Å². The standard InChI is InChI=1S/C18H25FN4S/c1-3-15-12-23(8-9-24-15)18(20-2)21-7-6-13-11-22-17-10-14(19)4-5-16(13)17/h4-5,10-11,15,22H,3,6-9,12H2,1-2H3,(H,20,21). The van der Waals surface area contributed by atoms with Crippen LogP contribution >= 0.6 is 11.8 Å². The van der Waals surface area contributed by atoms with Crippen LogP contribution < -0.4 is 5.32 Å². The number of fused-ring (bicyclic) bond motifs is 1. The van der Waals surface area contributed by atoms with E-state index in [0.29, 0.717) is 5.25 Å². The second kappa shape index (κ2) is 7.92. The lowest BCUT2D eigenvalue weighted by molar-refractivity contribution is 0.408. The summed E-state index contributed by atoms with van der Waals surface area (Å²) in [6, 6.07) is 4.91. The smallest absolute Gasteiger partial charge is 0.193 e. The molecule has 1 unspecified atom stereocenters. The van der Waals surface area contributed by atoms with Gasteiger partial charge in [-0.15, -0.1) is 0 Å². The number of guanidine groups is 1. The second-order valence-electron chi connectivity index (χ2n) is 6.07. The van der Waals surface area contributed by atoms with Gasteiger partial charge in [0.15, 0.2) is 5.96 Å². The molecule has 0 radical (unpaired) electrons. The average Bonchev–Trinajstić information content (AvgIpc) is 3.01. The van der Waals surface area contributed by atoms with Crippen LogP contribution in [-0.4, -0.2) is 53.5 Å². The van der Waals surface area contributed by atoms with E-state index in [4.69, 9.17) is 0 Å². The van der Waals surface area contributed by atoms with Gasteiger partial charge in [-0.1, -0.05) is 6.92 Å². The van der Waals surface area contributed by atoms with E-state index in [1.54, 1.807) is 6.07 Å². The summed E-state index contributed by atoms with van der Waals surface area (Å²) in [4.78, 5) is 9.94. The van der Waals surface area contributed by atoms with Gasteiger partial charge in [0.1, 0.15) is 5.82 Å². The van der Waals surface area contributed by atoms with Crippen molar-refractivity contribution in [2.75, 3.05) is 32.4 Å². The molecule has 1 atom stereocenters. The molecule has 2 aromatic rings. The number of benzene rings is 1. The number of thioether (sulfide) groups is 1. The minimum atomic E-state index is -0.206. The van der Waals surface area contributed by atoms with Crippen LogP contribution in [0, 0.1) is 5.82 Å². The van der Waals surface area contributed by atoms with Gasteiger partial charge in [-0.25, -0.2) is 4.39 Å². The molecular weight excluding hydrogens is 323 g/mol. The van der Waals surface area contributed by atoms with Crippen molar-refractivity contribution in [3.8, 4) is 0 Å². The van der Waals surface area contributed by atoms with Crippen molar-refractivity contribution >= 4 is 28.6 Å². The zero-order chi connectivity index (χ0) is 16.9. The van der Waals surface area contributed by atoms with Gasteiger partial charge in [0.2, 0.25) is 0 Å². The molecule has 0 spiro atoms. The molecule has 3 rings (SSSR count). The summed E-state index contributed by atoms with van der Waals surface area (Å²) in [7, 11) is 1.85. The Hall–Kier alpha value is -1.69. The van der Waals surface area contributed by atoms with Crippen molar-refractivity contribution in [3.05, 3.63) is 35.8 Å². The number of nitrogens with one attached hydrogen (secondary N) is 2. The number of nitrogens with zero attached hydrogens (tertiary/aromatic N) is 2. The molecule has 1 aliphatic rings. The van der Waals surface area contributed by atoms with E-state index < -0.39 is 0 Å². The summed E-state index contributed by atoms with van der Waals surface area (Å²) < 4.78 is 13.3. The van der Waals surface area contributed by atoms with E-state index in [9.17, 15) is 4.39 Å². The average molecular weight is 348 g/mol. The molecule has 0 aliphatic carbocycles. The fraction of sp³-hybridized carbons (Fsp3) is 0.500. The van der Waals surface area contributed by atoms with E-state index in [0.717, 1.165) is 48.7 Å². The predicted octanol–water partition coefficient (Wildman–Crippen LogP) is 3.25. The first-order valence-corrected chi connectivity index (χ1v) is 9.59. The summed E-state index contributed by atoms with van der Waals surface area (Å²) in [5.41, 5.74) is 2.06. The second-order valence-corrected chi connectivity index (χ2v) is 7.48. The van der Waals surface area contributed by atoms with Gasteiger partial charge in [-0.3, -0.25) is 4.99 Å². The molecular formula is C18H25FN4S. The van der Waals surface area contributed by atoms with Gasteiger partial charge in [-0.2, -0.15) is 11.8 Å². The number of hydrogen-bond acceptors (Lipinski definition) is 2. The molecule has 6 heteroatoms. The Morgan fingerprint density at radius 1 is 1.50 bits per heavy atom. The normalized spacial score (nSPS) is 19.0. The van der Waals surface area contributed by atoms with Crippen molar-refractivity contribution in [2.45, 2.75) is 25.0 Å². The van der Waals surface area contributed by atoms with E-state index in [-0.39, 0.29) is 5.82 Å². The van der Waals surface area contributed by atoms with E-state index >= 15 is 0 Å². The first kappa shape index (κ1) is 17.1. The Labute approximate surface area is 146 Å². The quantitative estimate of drug-likeness (QED) is 0.658. The van der Waals surface area contributed by atoms with Gasteiger partial charge in [-0.05, 0) is 36.6 Å². The third-order valence-electron chi connectivity index (χ3n) is 4.51.